The van der Waals surface area contributed by atoms with E-state index in [0.29, 0.717) is 0 Å². The molecule has 0 aliphatic carbocycles. The van der Waals surface area contributed by atoms with Crippen LogP contribution in [0.4, 0.5) is 0 Å². The third-order valence-corrected chi connectivity index (χ3v) is 4.61. The Kier molecular flexibility index (Phi) is 4.97. The standard InChI is InChI=1S/C13H15Br2N3/c1-2-18-11(17-12(14)13(18)15)9-16-8-10-6-4-3-5-7-10/h3-7,16H,2,8-9H2,1H3. The van der Waals surface area contributed by atoms with Crippen LogP contribution in [0.2, 0.25) is 0 Å². The second-order valence-electron chi connectivity index (χ2n) is 3.94. The fourth-order valence-corrected chi connectivity index (χ4v) is 2.78. The summed E-state index contributed by atoms with van der Waals surface area (Å²) in [5, 5.41) is 3.41. The van der Waals surface area contributed by atoms with E-state index in [2.05, 4.69) is 77.9 Å². The van der Waals surface area contributed by atoms with Gasteiger partial charge in [-0.3, -0.25) is 0 Å². The number of aromatic nitrogens is 2. The van der Waals surface area contributed by atoms with Gasteiger partial charge in [-0.25, -0.2) is 4.98 Å². The minimum absolute atomic E-state index is 0.757. The predicted molar refractivity (Wildman–Crippen MR) is 80.3 cm³/mol. The molecule has 0 spiro atoms. The van der Waals surface area contributed by atoms with Crippen molar-refractivity contribution in [3.8, 4) is 0 Å². The summed E-state index contributed by atoms with van der Waals surface area (Å²) in [7, 11) is 0. The van der Waals surface area contributed by atoms with E-state index in [4.69, 9.17) is 0 Å². The fraction of sp³-hybridized carbons (Fsp3) is 0.308. The molecule has 0 saturated carbocycles. The first-order valence-electron chi connectivity index (χ1n) is 5.87. The van der Waals surface area contributed by atoms with Gasteiger partial charge in [0.1, 0.15) is 15.0 Å². The van der Waals surface area contributed by atoms with Crippen LogP contribution in [0.1, 0.15) is 18.3 Å². The van der Waals surface area contributed by atoms with Crippen LogP contribution in [0, 0.1) is 0 Å². The Hall–Kier alpha value is -0.650. The molecule has 0 radical (unpaired) electrons. The highest BCUT2D eigenvalue weighted by Gasteiger charge is 2.11. The van der Waals surface area contributed by atoms with Crippen molar-refractivity contribution in [3.63, 3.8) is 0 Å². The molecule has 1 N–H and O–H groups in total. The maximum Gasteiger partial charge on any atom is 0.139 e. The molecule has 2 rings (SSSR count). The van der Waals surface area contributed by atoms with Crippen LogP contribution in [0.3, 0.4) is 0 Å². The number of nitrogens with one attached hydrogen (secondary N) is 1. The lowest BCUT2D eigenvalue weighted by Gasteiger charge is -2.07. The summed E-state index contributed by atoms with van der Waals surface area (Å²) >= 11 is 6.96. The molecular weight excluding hydrogens is 358 g/mol. The van der Waals surface area contributed by atoms with Crippen molar-refractivity contribution in [2.75, 3.05) is 0 Å². The second-order valence-corrected chi connectivity index (χ2v) is 5.45. The van der Waals surface area contributed by atoms with Crippen LogP contribution in [-0.2, 0) is 19.6 Å². The van der Waals surface area contributed by atoms with Crippen molar-refractivity contribution in [3.05, 3.63) is 50.9 Å². The molecule has 0 unspecified atom stereocenters. The van der Waals surface area contributed by atoms with Crippen LogP contribution < -0.4 is 5.32 Å². The Bertz CT molecular complexity index is 508. The molecule has 2 aromatic rings. The minimum Gasteiger partial charge on any atom is -0.321 e. The van der Waals surface area contributed by atoms with Crippen LogP contribution >= 0.6 is 31.9 Å². The van der Waals surface area contributed by atoms with Gasteiger partial charge in [-0.15, -0.1) is 0 Å². The SMILES string of the molecule is CCn1c(CNCc2ccccc2)nc(Br)c1Br. The largest absolute Gasteiger partial charge is 0.321 e. The summed E-state index contributed by atoms with van der Waals surface area (Å²) in [4.78, 5) is 4.48. The molecule has 0 fully saturated rings. The maximum absolute atomic E-state index is 4.48. The first kappa shape index (κ1) is 13.8. The van der Waals surface area contributed by atoms with Crippen LogP contribution in [-0.4, -0.2) is 9.55 Å². The number of rotatable bonds is 5. The molecule has 0 bridgehead atoms. The normalized spacial score (nSPS) is 10.8. The third-order valence-electron chi connectivity index (χ3n) is 2.72. The first-order chi connectivity index (χ1) is 8.72. The van der Waals surface area contributed by atoms with Gasteiger partial charge in [0, 0.05) is 13.1 Å². The Morgan fingerprint density at radius 3 is 2.56 bits per heavy atom. The summed E-state index contributed by atoms with van der Waals surface area (Å²) in [6.45, 7) is 4.63. The lowest BCUT2D eigenvalue weighted by molar-refractivity contribution is 0.608. The molecule has 1 heterocycles. The summed E-state index contributed by atoms with van der Waals surface area (Å²) in [5.74, 6) is 1.03. The highest BCUT2D eigenvalue weighted by atomic mass is 79.9. The molecule has 0 aliphatic heterocycles. The number of benzene rings is 1. The van der Waals surface area contributed by atoms with Gasteiger partial charge in [0.15, 0.2) is 0 Å². The van der Waals surface area contributed by atoms with Crippen molar-refractivity contribution in [1.82, 2.24) is 14.9 Å². The van der Waals surface area contributed by atoms with Gasteiger partial charge in [0.2, 0.25) is 0 Å². The Morgan fingerprint density at radius 2 is 1.89 bits per heavy atom. The topological polar surface area (TPSA) is 29.9 Å². The van der Waals surface area contributed by atoms with Gasteiger partial charge in [0.05, 0.1) is 6.54 Å². The molecule has 96 valence electrons. The maximum atomic E-state index is 4.48. The second kappa shape index (κ2) is 6.50. The number of imidazole rings is 1. The zero-order valence-electron chi connectivity index (χ0n) is 10.2. The molecule has 18 heavy (non-hydrogen) atoms. The molecule has 0 saturated heterocycles. The van der Waals surface area contributed by atoms with Gasteiger partial charge < -0.3 is 9.88 Å². The zero-order chi connectivity index (χ0) is 13.0. The monoisotopic (exact) mass is 371 g/mol. The van der Waals surface area contributed by atoms with Crippen molar-refractivity contribution < 1.29 is 0 Å². The summed E-state index contributed by atoms with van der Waals surface area (Å²) in [6.07, 6.45) is 0. The summed E-state index contributed by atoms with van der Waals surface area (Å²) in [6, 6.07) is 10.4. The number of hydrogen-bond acceptors (Lipinski definition) is 2. The molecule has 1 aromatic heterocycles. The Balaban J connectivity index is 1.96. The van der Waals surface area contributed by atoms with E-state index in [9.17, 15) is 0 Å². The van der Waals surface area contributed by atoms with Gasteiger partial charge in [-0.05, 0) is 44.3 Å². The van der Waals surface area contributed by atoms with Gasteiger partial charge >= 0.3 is 0 Å². The summed E-state index contributed by atoms with van der Waals surface area (Å²) < 4.78 is 4.00. The molecule has 0 aliphatic rings. The van der Waals surface area contributed by atoms with Crippen molar-refractivity contribution >= 4 is 31.9 Å². The van der Waals surface area contributed by atoms with Crippen molar-refractivity contribution in [2.45, 2.75) is 26.6 Å². The van der Waals surface area contributed by atoms with E-state index in [-0.39, 0.29) is 0 Å². The smallest absolute Gasteiger partial charge is 0.139 e. The van der Waals surface area contributed by atoms with E-state index in [1.165, 1.54) is 5.56 Å². The lowest BCUT2D eigenvalue weighted by Crippen LogP contribution is -2.16. The van der Waals surface area contributed by atoms with Crippen molar-refractivity contribution in [1.29, 1.82) is 0 Å². The van der Waals surface area contributed by atoms with E-state index in [1.807, 2.05) is 6.07 Å². The lowest BCUT2D eigenvalue weighted by atomic mass is 10.2. The first-order valence-corrected chi connectivity index (χ1v) is 7.46. The van der Waals surface area contributed by atoms with E-state index in [0.717, 1.165) is 34.7 Å². The molecule has 3 nitrogen and oxygen atoms in total. The van der Waals surface area contributed by atoms with E-state index >= 15 is 0 Å². The highest BCUT2D eigenvalue weighted by Crippen LogP contribution is 2.23. The minimum atomic E-state index is 0.757. The number of halogens is 2. The van der Waals surface area contributed by atoms with Crippen LogP contribution in [0.25, 0.3) is 0 Å². The van der Waals surface area contributed by atoms with Crippen molar-refractivity contribution in [2.24, 2.45) is 0 Å². The van der Waals surface area contributed by atoms with E-state index in [1.54, 1.807) is 0 Å². The Morgan fingerprint density at radius 1 is 1.17 bits per heavy atom. The van der Waals surface area contributed by atoms with E-state index < -0.39 is 0 Å². The zero-order valence-corrected chi connectivity index (χ0v) is 13.3. The van der Waals surface area contributed by atoms with Gasteiger partial charge in [-0.1, -0.05) is 30.3 Å². The predicted octanol–water partition coefficient (Wildman–Crippen LogP) is 3.72. The molecule has 0 atom stereocenters. The number of nitrogens with zero attached hydrogens (tertiary/aromatic N) is 2. The van der Waals surface area contributed by atoms with Crippen LogP contribution in [0.15, 0.2) is 39.5 Å². The fourth-order valence-electron chi connectivity index (χ4n) is 1.82. The quantitative estimate of drug-likeness (QED) is 0.866. The Labute approximate surface area is 124 Å². The molecule has 1 aromatic carbocycles. The average Bonchev–Trinajstić information content (AvgIpc) is 2.66. The highest BCUT2D eigenvalue weighted by molar-refractivity contribution is 9.13. The molecular formula is C13H15Br2N3. The summed E-state index contributed by atoms with van der Waals surface area (Å²) in [5.41, 5.74) is 1.28. The van der Waals surface area contributed by atoms with Gasteiger partial charge in [0.25, 0.3) is 0 Å². The number of hydrogen-bond donors (Lipinski definition) is 1. The molecule has 0 amide bonds. The molecule has 5 heteroatoms. The van der Waals surface area contributed by atoms with Gasteiger partial charge in [-0.2, -0.15) is 0 Å². The third kappa shape index (κ3) is 3.22. The van der Waals surface area contributed by atoms with Crippen LogP contribution in [0.5, 0.6) is 0 Å². The average molecular weight is 373 g/mol.